The van der Waals surface area contributed by atoms with Crippen LogP contribution in [0.4, 0.5) is 0 Å². The first-order chi connectivity index (χ1) is 12.2. The highest BCUT2D eigenvalue weighted by atomic mass is 16.5. The number of methoxy groups -OCH3 is 1. The summed E-state index contributed by atoms with van der Waals surface area (Å²) >= 11 is 0. The summed E-state index contributed by atoms with van der Waals surface area (Å²) in [7, 11) is 1.60. The van der Waals surface area contributed by atoms with Gasteiger partial charge in [0.15, 0.2) is 11.5 Å². The fourth-order valence-corrected chi connectivity index (χ4v) is 2.14. The van der Waals surface area contributed by atoms with E-state index in [2.05, 4.69) is 22.4 Å². The molecule has 1 aromatic heterocycles. The maximum Gasteiger partial charge on any atom is 0.272 e. The minimum Gasteiger partial charge on any atom is -0.493 e. The van der Waals surface area contributed by atoms with E-state index in [9.17, 15) is 4.79 Å². The van der Waals surface area contributed by atoms with Gasteiger partial charge in [0.05, 0.1) is 25.5 Å². The number of hydrazone groups is 1. The van der Waals surface area contributed by atoms with Crippen LogP contribution in [-0.4, -0.2) is 30.8 Å². The van der Waals surface area contributed by atoms with Gasteiger partial charge in [-0.3, -0.25) is 9.78 Å². The molecule has 0 unspecified atom stereocenters. The molecule has 0 aliphatic carbocycles. The Labute approximate surface area is 147 Å². The monoisotopic (exact) mass is 341 g/mol. The van der Waals surface area contributed by atoms with Crippen LogP contribution in [-0.2, 0) is 0 Å². The SMILES string of the molecule is CCCCCOc1ccc(/C=N/NC(=O)c2cccnc2)cc1OC. The number of carbonyl (C=O) groups is 1. The van der Waals surface area contributed by atoms with Crippen LogP contribution >= 0.6 is 0 Å². The molecule has 6 nitrogen and oxygen atoms in total. The van der Waals surface area contributed by atoms with Crippen LogP contribution < -0.4 is 14.9 Å². The number of benzene rings is 1. The van der Waals surface area contributed by atoms with Gasteiger partial charge in [-0.1, -0.05) is 19.8 Å². The topological polar surface area (TPSA) is 72.8 Å². The van der Waals surface area contributed by atoms with Gasteiger partial charge in [0.1, 0.15) is 0 Å². The van der Waals surface area contributed by atoms with Gasteiger partial charge in [-0.15, -0.1) is 0 Å². The molecule has 1 N–H and O–H groups in total. The number of rotatable bonds is 9. The van der Waals surface area contributed by atoms with Crippen LogP contribution in [0.25, 0.3) is 0 Å². The third kappa shape index (κ3) is 5.91. The van der Waals surface area contributed by atoms with E-state index in [-0.39, 0.29) is 5.91 Å². The van der Waals surface area contributed by atoms with Crippen molar-refractivity contribution in [2.45, 2.75) is 26.2 Å². The molecule has 2 rings (SSSR count). The zero-order chi connectivity index (χ0) is 17.9. The molecule has 1 heterocycles. The lowest BCUT2D eigenvalue weighted by Gasteiger charge is -2.11. The molecule has 0 aliphatic heterocycles. The predicted molar refractivity (Wildman–Crippen MR) is 97.3 cm³/mol. The molecule has 0 fully saturated rings. The molecule has 25 heavy (non-hydrogen) atoms. The van der Waals surface area contributed by atoms with Crippen LogP contribution in [0.15, 0.2) is 47.8 Å². The molecule has 132 valence electrons. The third-order valence-corrected chi connectivity index (χ3v) is 3.50. The second-order valence-electron chi connectivity index (χ2n) is 5.41. The summed E-state index contributed by atoms with van der Waals surface area (Å²) in [6, 6.07) is 8.88. The number of ether oxygens (including phenoxy) is 2. The molecule has 0 spiro atoms. The summed E-state index contributed by atoms with van der Waals surface area (Å²) in [4.78, 5) is 15.8. The molecule has 0 atom stereocenters. The third-order valence-electron chi connectivity index (χ3n) is 3.50. The zero-order valence-electron chi connectivity index (χ0n) is 14.6. The molecule has 0 bridgehead atoms. The molecule has 1 aromatic carbocycles. The molecule has 0 saturated heterocycles. The van der Waals surface area contributed by atoms with Crippen LogP contribution in [0, 0.1) is 0 Å². The van der Waals surface area contributed by atoms with Crippen molar-refractivity contribution in [1.82, 2.24) is 10.4 Å². The fraction of sp³-hybridized carbons (Fsp3) is 0.316. The Bertz CT molecular complexity index is 702. The normalized spacial score (nSPS) is 10.6. The first kappa shape index (κ1) is 18.4. The molecular formula is C19H23N3O3. The van der Waals surface area contributed by atoms with E-state index >= 15 is 0 Å². The minimum absolute atomic E-state index is 0.313. The van der Waals surface area contributed by atoms with Gasteiger partial charge in [-0.05, 0) is 42.3 Å². The van der Waals surface area contributed by atoms with E-state index in [0.29, 0.717) is 23.7 Å². The number of hydrogen-bond acceptors (Lipinski definition) is 5. The number of hydrogen-bond donors (Lipinski definition) is 1. The van der Waals surface area contributed by atoms with Crippen LogP contribution in [0.5, 0.6) is 11.5 Å². The maximum absolute atomic E-state index is 11.9. The van der Waals surface area contributed by atoms with E-state index in [1.165, 1.54) is 6.20 Å². The second-order valence-corrected chi connectivity index (χ2v) is 5.41. The minimum atomic E-state index is -0.313. The Hall–Kier alpha value is -2.89. The average molecular weight is 341 g/mol. The first-order valence-corrected chi connectivity index (χ1v) is 8.29. The lowest BCUT2D eigenvalue weighted by molar-refractivity contribution is 0.0955. The Morgan fingerprint density at radius 3 is 2.88 bits per heavy atom. The van der Waals surface area contributed by atoms with Crippen LogP contribution in [0.3, 0.4) is 0 Å². The van der Waals surface area contributed by atoms with E-state index in [0.717, 1.165) is 24.8 Å². The summed E-state index contributed by atoms with van der Waals surface area (Å²) in [5.74, 6) is 1.03. The van der Waals surface area contributed by atoms with E-state index in [4.69, 9.17) is 9.47 Å². The fourth-order valence-electron chi connectivity index (χ4n) is 2.14. The van der Waals surface area contributed by atoms with Crippen molar-refractivity contribution < 1.29 is 14.3 Å². The first-order valence-electron chi connectivity index (χ1n) is 8.29. The Balaban J connectivity index is 1.94. The molecule has 6 heteroatoms. The van der Waals surface area contributed by atoms with Gasteiger partial charge in [-0.25, -0.2) is 5.43 Å². The molecule has 0 saturated carbocycles. The Morgan fingerprint density at radius 1 is 1.28 bits per heavy atom. The molecular weight excluding hydrogens is 318 g/mol. The summed E-state index contributed by atoms with van der Waals surface area (Å²) in [6.07, 6.45) is 7.96. The summed E-state index contributed by atoms with van der Waals surface area (Å²) < 4.78 is 11.1. The molecule has 2 aromatic rings. The van der Waals surface area contributed by atoms with Crippen molar-refractivity contribution in [2.24, 2.45) is 5.10 Å². The Kier molecular flexibility index (Phi) is 7.43. The summed E-state index contributed by atoms with van der Waals surface area (Å²) in [6.45, 7) is 2.82. The van der Waals surface area contributed by atoms with Crippen LogP contribution in [0.1, 0.15) is 42.1 Å². The summed E-state index contributed by atoms with van der Waals surface area (Å²) in [5, 5.41) is 3.96. The molecule has 1 amide bonds. The number of unbranched alkanes of at least 4 members (excludes halogenated alkanes) is 2. The van der Waals surface area contributed by atoms with Crippen molar-refractivity contribution >= 4 is 12.1 Å². The van der Waals surface area contributed by atoms with Crippen molar-refractivity contribution in [3.63, 3.8) is 0 Å². The highest BCUT2D eigenvalue weighted by Crippen LogP contribution is 2.27. The lowest BCUT2D eigenvalue weighted by atomic mass is 10.2. The maximum atomic E-state index is 11.9. The van der Waals surface area contributed by atoms with Crippen molar-refractivity contribution in [2.75, 3.05) is 13.7 Å². The van der Waals surface area contributed by atoms with Gasteiger partial charge >= 0.3 is 0 Å². The van der Waals surface area contributed by atoms with Gasteiger partial charge in [0.2, 0.25) is 0 Å². The smallest absolute Gasteiger partial charge is 0.272 e. The molecule has 0 aliphatic rings. The van der Waals surface area contributed by atoms with Crippen molar-refractivity contribution in [3.05, 3.63) is 53.9 Å². The van der Waals surface area contributed by atoms with E-state index in [1.54, 1.807) is 31.7 Å². The van der Waals surface area contributed by atoms with Crippen molar-refractivity contribution in [3.8, 4) is 11.5 Å². The summed E-state index contributed by atoms with van der Waals surface area (Å²) in [5.41, 5.74) is 3.71. The van der Waals surface area contributed by atoms with Crippen LogP contribution in [0.2, 0.25) is 0 Å². The number of nitrogens with one attached hydrogen (secondary N) is 1. The van der Waals surface area contributed by atoms with E-state index < -0.39 is 0 Å². The van der Waals surface area contributed by atoms with Gasteiger partial charge in [0, 0.05) is 12.4 Å². The highest BCUT2D eigenvalue weighted by Gasteiger charge is 2.06. The number of amides is 1. The number of pyridine rings is 1. The van der Waals surface area contributed by atoms with E-state index in [1.807, 2.05) is 18.2 Å². The average Bonchev–Trinajstić information content (AvgIpc) is 2.66. The van der Waals surface area contributed by atoms with Gasteiger partial charge in [-0.2, -0.15) is 5.10 Å². The van der Waals surface area contributed by atoms with Crippen molar-refractivity contribution in [1.29, 1.82) is 0 Å². The quantitative estimate of drug-likeness (QED) is 0.431. The number of aromatic nitrogens is 1. The standard InChI is InChI=1S/C19H23N3O3/c1-3-4-5-11-25-17-9-8-15(12-18(17)24-2)13-21-22-19(23)16-7-6-10-20-14-16/h6-10,12-14H,3-5,11H2,1-2H3,(H,22,23)/b21-13+. The lowest BCUT2D eigenvalue weighted by Crippen LogP contribution is -2.17. The van der Waals surface area contributed by atoms with Gasteiger partial charge in [0.25, 0.3) is 5.91 Å². The largest absolute Gasteiger partial charge is 0.493 e. The molecule has 0 radical (unpaired) electrons. The zero-order valence-corrected chi connectivity index (χ0v) is 14.6. The Morgan fingerprint density at radius 2 is 2.16 bits per heavy atom. The highest BCUT2D eigenvalue weighted by molar-refractivity contribution is 5.94. The predicted octanol–water partition coefficient (Wildman–Crippen LogP) is 3.42. The van der Waals surface area contributed by atoms with Gasteiger partial charge < -0.3 is 9.47 Å². The number of nitrogens with zero attached hydrogens (tertiary/aromatic N) is 2. The second kappa shape index (κ2) is 10.1. The number of carbonyl (C=O) groups excluding carboxylic acids is 1.